The molecule has 9 unspecified atom stereocenters. The second-order valence-corrected chi connectivity index (χ2v) is 12.2. The number of benzene rings is 1. The third kappa shape index (κ3) is 2.94. The van der Waals surface area contributed by atoms with E-state index in [1.807, 2.05) is 5.57 Å². The molecular weight excluding hydrogens is 424 g/mol. The van der Waals surface area contributed by atoms with Crippen molar-refractivity contribution in [1.82, 2.24) is 0 Å². The highest BCUT2D eigenvalue weighted by Crippen LogP contribution is 2.67. The van der Waals surface area contributed by atoms with Crippen LogP contribution in [0.4, 0.5) is 0 Å². The maximum Gasteiger partial charge on any atom is 0.0795 e. The SMILES string of the molecule is ClC1CCCC2C1OC1C=CCC(C3(c4ccccc4)C4=C(CCC=C4)C4CCCCC43)C12. The van der Waals surface area contributed by atoms with Gasteiger partial charge in [0.25, 0.3) is 0 Å². The maximum atomic E-state index is 6.89. The van der Waals surface area contributed by atoms with Gasteiger partial charge in [0.1, 0.15) is 0 Å². The lowest BCUT2D eigenvalue weighted by Crippen LogP contribution is -2.50. The van der Waals surface area contributed by atoms with E-state index >= 15 is 0 Å². The van der Waals surface area contributed by atoms with Crippen molar-refractivity contribution in [2.75, 3.05) is 0 Å². The minimum atomic E-state index is 0.129. The quantitative estimate of drug-likeness (QED) is 0.323. The van der Waals surface area contributed by atoms with Crippen molar-refractivity contribution in [3.05, 3.63) is 71.3 Å². The molecule has 2 saturated carbocycles. The van der Waals surface area contributed by atoms with Gasteiger partial charge in [0.2, 0.25) is 0 Å². The second kappa shape index (κ2) is 8.13. The molecular formula is C31H37ClO. The van der Waals surface area contributed by atoms with E-state index in [9.17, 15) is 0 Å². The van der Waals surface area contributed by atoms with Crippen LogP contribution in [0, 0.1) is 29.6 Å². The maximum absolute atomic E-state index is 6.89. The molecule has 0 bridgehead atoms. The number of halogens is 1. The van der Waals surface area contributed by atoms with Crippen LogP contribution < -0.4 is 0 Å². The molecule has 0 radical (unpaired) electrons. The predicted molar refractivity (Wildman–Crippen MR) is 135 cm³/mol. The largest absolute Gasteiger partial charge is 0.369 e. The van der Waals surface area contributed by atoms with Gasteiger partial charge in [-0.25, -0.2) is 0 Å². The molecule has 174 valence electrons. The van der Waals surface area contributed by atoms with Crippen LogP contribution in [0.2, 0.25) is 0 Å². The van der Waals surface area contributed by atoms with Gasteiger partial charge in [0, 0.05) is 5.41 Å². The lowest BCUT2D eigenvalue weighted by molar-refractivity contribution is 0.0300. The number of allylic oxidation sites excluding steroid dienone is 5. The molecule has 33 heavy (non-hydrogen) atoms. The molecule has 1 saturated heterocycles. The van der Waals surface area contributed by atoms with E-state index in [1.54, 1.807) is 11.1 Å². The van der Waals surface area contributed by atoms with Crippen molar-refractivity contribution < 1.29 is 4.74 Å². The van der Waals surface area contributed by atoms with Crippen LogP contribution in [0.1, 0.15) is 69.8 Å². The Bertz CT molecular complexity index is 991. The van der Waals surface area contributed by atoms with Gasteiger partial charge in [-0.3, -0.25) is 0 Å². The summed E-state index contributed by atoms with van der Waals surface area (Å²) in [6.45, 7) is 0. The molecule has 2 heteroatoms. The Morgan fingerprint density at radius 2 is 1.79 bits per heavy atom. The Hall–Kier alpha value is -1.31. The smallest absolute Gasteiger partial charge is 0.0795 e. The van der Waals surface area contributed by atoms with Crippen molar-refractivity contribution in [2.45, 2.75) is 87.2 Å². The minimum Gasteiger partial charge on any atom is -0.369 e. The second-order valence-electron chi connectivity index (χ2n) is 11.6. The molecule has 6 aliphatic rings. The summed E-state index contributed by atoms with van der Waals surface area (Å²) in [6, 6.07) is 11.7. The first-order valence-electron chi connectivity index (χ1n) is 13.7. The summed E-state index contributed by atoms with van der Waals surface area (Å²) >= 11 is 6.89. The van der Waals surface area contributed by atoms with Crippen LogP contribution in [0.3, 0.4) is 0 Å². The van der Waals surface area contributed by atoms with Crippen LogP contribution in [0.25, 0.3) is 0 Å². The highest BCUT2D eigenvalue weighted by atomic mass is 35.5. The Balaban J connectivity index is 1.43. The zero-order chi connectivity index (χ0) is 22.0. The lowest BCUT2D eigenvalue weighted by atomic mass is 9.51. The third-order valence-electron chi connectivity index (χ3n) is 10.5. The summed E-state index contributed by atoms with van der Waals surface area (Å²) in [5.74, 6) is 3.33. The first-order valence-corrected chi connectivity index (χ1v) is 14.2. The number of hydrogen-bond donors (Lipinski definition) is 0. The third-order valence-corrected chi connectivity index (χ3v) is 10.9. The van der Waals surface area contributed by atoms with Gasteiger partial charge in [-0.05, 0) is 85.7 Å². The summed E-state index contributed by atoms with van der Waals surface area (Å²) in [4.78, 5) is 0. The normalized spacial score (nSPS) is 46.0. The van der Waals surface area contributed by atoms with E-state index in [1.165, 1.54) is 57.8 Å². The summed E-state index contributed by atoms with van der Waals surface area (Å²) < 4.78 is 6.77. The predicted octanol–water partition coefficient (Wildman–Crippen LogP) is 7.76. The van der Waals surface area contributed by atoms with Gasteiger partial charge < -0.3 is 4.74 Å². The van der Waals surface area contributed by atoms with Crippen molar-refractivity contribution >= 4 is 11.6 Å². The first kappa shape index (κ1) is 21.0. The lowest BCUT2D eigenvalue weighted by Gasteiger charge is -2.52. The van der Waals surface area contributed by atoms with Crippen molar-refractivity contribution in [3.8, 4) is 0 Å². The van der Waals surface area contributed by atoms with Crippen LogP contribution >= 0.6 is 11.6 Å². The van der Waals surface area contributed by atoms with E-state index in [2.05, 4.69) is 54.6 Å². The monoisotopic (exact) mass is 460 g/mol. The molecule has 1 aliphatic heterocycles. The fraction of sp³-hybridized carbons (Fsp3) is 0.613. The zero-order valence-corrected chi connectivity index (χ0v) is 20.4. The van der Waals surface area contributed by atoms with Crippen molar-refractivity contribution in [2.24, 2.45) is 29.6 Å². The number of rotatable bonds is 2. The van der Waals surface area contributed by atoms with E-state index < -0.39 is 0 Å². The summed E-state index contributed by atoms with van der Waals surface area (Å²) in [5, 5.41) is 0.187. The van der Waals surface area contributed by atoms with Gasteiger partial charge in [-0.15, -0.1) is 11.6 Å². The number of alkyl halides is 1. The van der Waals surface area contributed by atoms with Crippen LogP contribution in [-0.2, 0) is 10.2 Å². The molecule has 7 rings (SSSR count). The summed E-state index contributed by atoms with van der Waals surface area (Å²) in [7, 11) is 0. The van der Waals surface area contributed by atoms with E-state index in [0.29, 0.717) is 17.8 Å². The average molecular weight is 461 g/mol. The van der Waals surface area contributed by atoms with Gasteiger partial charge in [0.05, 0.1) is 17.6 Å². The van der Waals surface area contributed by atoms with E-state index in [-0.39, 0.29) is 23.0 Å². The summed E-state index contributed by atoms with van der Waals surface area (Å²) in [6.07, 6.45) is 23.4. The van der Waals surface area contributed by atoms with E-state index in [4.69, 9.17) is 16.3 Å². The summed E-state index contributed by atoms with van der Waals surface area (Å²) in [5.41, 5.74) is 5.26. The molecule has 0 spiro atoms. The number of hydrogen-bond acceptors (Lipinski definition) is 1. The molecule has 9 atom stereocenters. The number of fused-ring (bicyclic) bond motifs is 5. The average Bonchev–Trinajstić information content (AvgIpc) is 3.40. The highest BCUT2D eigenvalue weighted by Gasteiger charge is 2.63. The Morgan fingerprint density at radius 3 is 2.70 bits per heavy atom. The van der Waals surface area contributed by atoms with Crippen LogP contribution in [-0.4, -0.2) is 17.6 Å². The molecule has 1 nitrogen and oxygen atoms in total. The Kier molecular flexibility index (Phi) is 5.18. The fourth-order valence-corrected chi connectivity index (χ4v) is 9.90. The van der Waals surface area contributed by atoms with Crippen molar-refractivity contribution in [3.63, 3.8) is 0 Å². The number of ether oxygens (including phenoxy) is 1. The molecule has 1 heterocycles. The van der Waals surface area contributed by atoms with Gasteiger partial charge in [-0.1, -0.05) is 79.5 Å². The van der Waals surface area contributed by atoms with Gasteiger partial charge in [0.15, 0.2) is 0 Å². The molecule has 3 fully saturated rings. The first-order chi connectivity index (χ1) is 16.3. The van der Waals surface area contributed by atoms with Crippen LogP contribution in [0.5, 0.6) is 0 Å². The molecule has 5 aliphatic carbocycles. The zero-order valence-electron chi connectivity index (χ0n) is 19.7. The molecule has 1 aromatic rings. The Morgan fingerprint density at radius 1 is 0.909 bits per heavy atom. The molecule has 0 aromatic heterocycles. The minimum absolute atomic E-state index is 0.129. The standard InChI is InChI=1S/C31H37ClO/c32-27-18-8-14-23-29-26(17-9-19-28(29)33-30(23)27)31(20-10-2-1-3-11-20)24-15-6-4-12-21(24)22-13-5-7-16-25(22)31/h1-3,6,9-11,15,19,22-23,25-30H,4-5,7-8,12-14,16-18H2. The molecule has 0 amide bonds. The van der Waals surface area contributed by atoms with Crippen molar-refractivity contribution in [1.29, 1.82) is 0 Å². The van der Waals surface area contributed by atoms with Gasteiger partial charge in [-0.2, -0.15) is 0 Å². The topological polar surface area (TPSA) is 9.23 Å². The fourth-order valence-electron chi connectivity index (χ4n) is 9.50. The van der Waals surface area contributed by atoms with E-state index in [0.717, 1.165) is 18.3 Å². The van der Waals surface area contributed by atoms with Crippen LogP contribution in [0.15, 0.2) is 65.8 Å². The molecule has 1 aromatic carbocycles. The molecule has 0 N–H and O–H groups in total. The van der Waals surface area contributed by atoms with Gasteiger partial charge >= 0.3 is 0 Å². The highest BCUT2D eigenvalue weighted by molar-refractivity contribution is 6.21. The Labute approximate surface area is 204 Å².